The molecule has 0 saturated heterocycles. The fourth-order valence-corrected chi connectivity index (χ4v) is 2.77. The van der Waals surface area contributed by atoms with Gasteiger partial charge < -0.3 is 9.64 Å². The van der Waals surface area contributed by atoms with Gasteiger partial charge in [0.2, 0.25) is 5.88 Å². The molecule has 1 aromatic rings. The standard InChI is InChI=1S/C14H22ClN3O/c1-11(2)19-14-9-13(16-10-17-14)18(8-7-15)12-5-3-4-6-12/h9-12H,3-8H2,1-2H3. The Bertz CT molecular complexity index is 394. The number of rotatable bonds is 6. The van der Waals surface area contributed by atoms with Crippen LogP contribution < -0.4 is 9.64 Å². The molecule has 19 heavy (non-hydrogen) atoms. The molecule has 1 fully saturated rings. The lowest BCUT2D eigenvalue weighted by molar-refractivity contribution is 0.232. The van der Waals surface area contributed by atoms with E-state index in [0.717, 1.165) is 12.4 Å². The molecule has 106 valence electrons. The van der Waals surface area contributed by atoms with Crippen molar-refractivity contribution in [3.05, 3.63) is 12.4 Å². The van der Waals surface area contributed by atoms with E-state index in [9.17, 15) is 0 Å². The van der Waals surface area contributed by atoms with Crippen molar-refractivity contribution in [3.63, 3.8) is 0 Å². The van der Waals surface area contributed by atoms with Crippen molar-refractivity contribution in [1.82, 2.24) is 9.97 Å². The number of aromatic nitrogens is 2. The Morgan fingerprint density at radius 1 is 1.37 bits per heavy atom. The summed E-state index contributed by atoms with van der Waals surface area (Å²) in [6.07, 6.45) is 6.73. The van der Waals surface area contributed by atoms with E-state index in [1.807, 2.05) is 19.9 Å². The van der Waals surface area contributed by atoms with E-state index in [0.29, 0.717) is 17.8 Å². The number of hydrogen-bond donors (Lipinski definition) is 0. The number of anilines is 1. The van der Waals surface area contributed by atoms with E-state index in [-0.39, 0.29) is 6.10 Å². The van der Waals surface area contributed by atoms with Crippen LogP contribution in [0, 0.1) is 0 Å². The summed E-state index contributed by atoms with van der Waals surface area (Å²) in [4.78, 5) is 10.8. The van der Waals surface area contributed by atoms with Gasteiger partial charge >= 0.3 is 0 Å². The van der Waals surface area contributed by atoms with Crippen molar-refractivity contribution in [1.29, 1.82) is 0 Å². The molecule has 5 heteroatoms. The molecule has 1 saturated carbocycles. The molecule has 0 aromatic carbocycles. The van der Waals surface area contributed by atoms with Gasteiger partial charge in [-0.1, -0.05) is 12.8 Å². The van der Waals surface area contributed by atoms with Crippen molar-refractivity contribution in [2.24, 2.45) is 0 Å². The molecular weight excluding hydrogens is 262 g/mol. The maximum Gasteiger partial charge on any atom is 0.218 e. The molecule has 0 spiro atoms. The lowest BCUT2D eigenvalue weighted by Crippen LogP contribution is -2.35. The molecule has 2 rings (SSSR count). The van der Waals surface area contributed by atoms with Crippen LogP contribution in [0.5, 0.6) is 5.88 Å². The van der Waals surface area contributed by atoms with E-state index in [1.54, 1.807) is 6.33 Å². The number of alkyl halides is 1. The Hall–Kier alpha value is -1.03. The van der Waals surface area contributed by atoms with Crippen LogP contribution in [0.15, 0.2) is 12.4 Å². The Morgan fingerprint density at radius 2 is 2.11 bits per heavy atom. The van der Waals surface area contributed by atoms with E-state index >= 15 is 0 Å². The van der Waals surface area contributed by atoms with Gasteiger partial charge in [0.1, 0.15) is 12.1 Å². The van der Waals surface area contributed by atoms with Crippen LogP contribution in [-0.2, 0) is 0 Å². The smallest absolute Gasteiger partial charge is 0.218 e. The molecule has 0 N–H and O–H groups in total. The van der Waals surface area contributed by atoms with Crippen LogP contribution in [0.25, 0.3) is 0 Å². The lowest BCUT2D eigenvalue weighted by Gasteiger charge is -2.29. The fraction of sp³-hybridized carbons (Fsp3) is 0.714. The summed E-state index contributed by atoms with van der Waals surface area (Å²) in [5, 5.41) is 0. The highest BCUT2D eigenvalue weighted by molar-refractivity contribution is 6.18. The number of ether oxygens (including phenoxy) is 1. The minimum atomic E-state index is 0.121. The summed E-state index contributed by atoms with van der Waals surface area (Å²) in [6, 6.07) is 2.48. The predicted molar refractivity (Wildman–Crippen MR) is 78.1 cm³/mol. The highest BCUT2D eigenvalue weighted by Gasteiger charge is 2.23. The molecule has 0 aliphatic heterocycles. The van der Waals surface area contributed by atoms with Gasteiger partial charge in [0.25, 0.3) is 0 Å². The summed E-state index contributed by atoms with van der Waals surface area (Å²) in [7, 11) is 0. The van der Waals surface area contributed by atoms with Gasteiger partial charge in [0.05, 0.1) is 6.10 Å². The van der Waals surface area contributed by atoms with Crippen molar-refractivity contribution in [3.8, 4) is 5.88 Å². The highest BCUT2D eigenvalue weighted by Crippen LogP contribution is 2.28. The first-order valence-electron chi connectivity index (χ1n) is 7.02. The monoisotopic (exact) mass is 283 g/mol. The van der Waals surface area contributed by atoms with E-state index in [1.165, 1.54) is 25.7 Å². The number of nitrogens with zero attached hydrogens (tertiary/aromatic N) is 3. The normalized spacial score (nSPS) is 16.0. The summed E-state index contributed by atoms with van der Waals surface area (Å²) >= 11 is 5.93. The molecule has 0 atom stereocenters. The van der Waals surface area contributed by atoms with Crippen LogP contribution in [0.4, 0.5) is 5.82 Å². The van der Waals surface area contributed by atoms with Crippen LogP contribution in [0.2, 0.25) is 0 Å². The maximum atomic E-state index is 5.93. The fourth-order valence-electron chi connectivity index (χ4n) is 2.58. The molecule has 0 amide bonds. The Morgan fingerprint density at radius 3 is 2.74 bits per heavy atom. The maximum absolute atomic E-state index is 5.93. The molecule has 4 nitrogen and oxygen atoms in total. The molecule has 1 heterocycles. The van der Waals surface area contributed by atoms with Crippen molar-refractivity contribution < 1.29 is 4.74 Å². The molecule has 0 unspecified atom stereocenters. The Kier molecular flexibility index (Phi) is 5.25. The zero-order valence-electron chi connectivity index (χ0n) is 11.7. The van der Waals surface area contributed by atoms with Gasteiger partial charge in [0, 0.05) is 24.5 Å². The predicted octanol–water partition coefficient (Wildman–Crippen LogP) is 3.25. The van der Waals surface area contributed by atoms with Gasteiger partial charge in [-0.05, 0) is 26.7 Å². The number of halogens is 1. The van der Waals surface area contributed by atoms with Gasteiger partial charge in [-0.2, -0.15) is 0 Å². The van der Waals surface area contributed by atoms with E-state index in [2.05, 4.69) is 14.9 Å². The highest BCUT2D eigenvalue weighted by atomic mass is 35.5. The first-order valence-corrected chi connectivity index (χ1v) is 7.55. The van der Waals surface area contributed by atoms with Crippen LogP contribution in [0.3, 0.4) is 0 Å². The quantitative estimate of drug-likeness (QED) is 0.751. The van der Waals surface area contributed by atoms with E-state index in [4.69, 9.17) is 16.3 Å². The average molecular weight is 284 g/mol. The van der Waals surface area contributed by atoms with Gasteiger partial charge in [-0.25, -0.2) is 9.97 Å². The summed E-state index contributed by atoms with van der Waals surface area (Å²) < 4.78 is 5.64. The second kappa shape index (κ2) is 6.94. The Balaban J connectivity index is 2.15. The molecular formula is C14H22ClN3O. The van der Waals surface area contributed by atoms with Crippen molar-refractivity contribution in [2.45, 2.75) is 51.7 Å². The first kappa shape index (κ1) is 14.4. The third-order valence-electron chi connectivity index (χ3n) is 3.37. The van der Waals surface area contributed by atoms with Gasteiger partial charge in [0.15, 0.2) is 0 Å². The topological polar surface area (TPSA) is 38.2 Å². The average Bonchev–Trinajstić information content (AvgIpc) is 2.89. The third-order valence-corrected chi connectivity index (χ3v) is 3.54. The minimum Gasteiger partial charge on any atom is -0.475 e. The SMILES string of the molecule is CC(C)Oc1cc(N(CCCl)C2CCCC2)ncn1. The second-order valence-electron chi connectivity index (χ2n) is 5.20. The summed E-state index contributed by atoms with van der Waals surface area (Å²) in [5.74, 6) is 2.18. The first-order chi connectivity index (χ1) is 9.20. The molecule has 1 aliphatic rings. The zero-order chi connectivity index (χ0) is 13.7. The Labute approximate surface area is 120 Å². The van der Waals surface area contributed by atoms with Gasteiger partial charge in [-0.3, -0.25) is 0 Å². The van der Waals surface area contributed by atoms with Crippen molar-refractivity contribution >= 4 is 17.4 Å². The van der Waals surface area contributed by atoms with Crippen LogP contribution in [0.1, 0.15) is 39.5 Å². The third kappa shape index (κ3) is 3.96. The molecule has 1 aliphatic carbocycles. The van der Waals surface area contributed by atoms with Crippen molar-refractivity contribution in [2.75, 3.05) is 17.3 Å². The molecule has 0 radical (unpaired) electrons. The second-order valence-corrected chi connectivity index (χ2v) is 5.58. The summed E-state index contributed by atoms with van der Waals surface area (Å²) in [5.41, 5.74) is 0. The molecule has 0 bridgehead atoms. The zero-order valence-corrected chi connectivity index (χ0v) is 12.4. The molecule has 1 aromatic heterocycles. The summed E-state index contributed by atoms with van der Waals surface area (Å²) in [6.45, 7) is 4.81. The lowest BCUT2D eigenvalue weighted by atomic mass is 10.2. The minimum absolute atomic E-state index is 0.121. The van der Waals surface area contributed by atoms with Gasteiger partial charge in [-0.15, -0.1) is 11.6 Å². The van der Waals surface area contributed by atoms with Crippen LogP contribution in [-0.4, -0.2) is 34.5 Å². The largest absolute Gasteiger partial charge is 0.475 e. The van der Waals surface area contributed by atoms with E-state index < -0.39 is 0 Å². The van der Waals surface area contributed by atoms with Crippen LogP contribution >= 0.6 is 11.6 Å². The number of hydrogen-bond acceptors (Lipinski definition) is 4.